The van der Waals surface area contributed by atoms with E-state index < -0.39 is 5.41 Å². The van der Waals surface area contributed by atoms with E-state index in [2.05, 4.69) is 18.3 Å². The molecule has 0 aliphatic heterocycles. The van der Waals surface area contributed by atoms with Crippen molar-refractivity contribution in [2.24, 2.45) is 11.1 Å². The van der Waals surface area contributed by atoms with Crippen LogP contribution in [0.25, 0.3) is 0 Å². The Hall–Kier alpha value is -3.33. The van der Waals surface area contributed by atoms with Gasteiger partial charge in [0.05, 0.1) is 25.7 Å². The Morgan fingerprint density at radius 2 is 1.73 bits per heavy atom. The number of hydrogen-bond donors (Lipinski definition) is 3. The number of esters is 1. The second kappa shape index (κ2) is 16.1. The van der Waals surface area contributed by atoms with E-state index in [4.69, 9.17) is 19.9 Å². The molecule has 3 aromatic rings. The number of nitrogens with two attached hydrogens (primary N) is 1. The smallest absolute Gasteiger partial charge is 0.312 e. The summed E-state index contributed by atoms with van der Waals surface area (Å²) in [4.78, 5) is 15.8. The highest BCUT2D eigenvalue weighted by atomic mass is 32.1. The van der Waals surface area contributed by atoms with Crippen LogP contribution in [0.15, 0.2) is 72.6 Å². The van der Waals surface area contributed by atoms with Crippen molar-refractivity contribution >= 4 is 17.3 Å². The van der Waals surface area contributed by atoms with Crippen LogP contribution in [0.4, 0.5) is 0 Å². The van der Waals surface area contributed by atoms with E-state index in [9.17, 15) is 4.79 Å². The lowest BCUT2D eigenvalue weighted by molar-refractivity contribution is -0.156. The van der Waals surface area contributed by atoms with Gasteiger partial charge in [-0.2, -0.15) is 0 Å². The Labute approximate surface area is 243 Å². The second-order valence-corrected chi connectivity index (χ2v) is 11.5. The van der Waals surface area contributed by atoms with Crippen LogP contribution in [-0.4, -0.2) is 19.6 Å². The van der Waals surface area contributed by atoms with Gasteiger partial charge >= 0.3 is 5.97 Å². The third kappa shape index (κ3) is 9.40. The molecule has 3 rings (SSSR count). The highest BCUT2D eigenvalue weighted by Crippen LogP contribution is 2.44. The van der Waals surface area contributed by atoms with Gasteiger partial charge in [-0.1, -0.05) is 42.5 Å². The van der Waals surface area contributed by atoms with Crippen molar-refractivity contribution in [1.29, 1.82) is 0 Å². The van der Waals surface area contributed by atoms with Crippen LogP contribution in [0.3, 0.4) is 0 Å². The molecule has 40 heavy (non-hydrogen) atoms. The van der Waals surface area contributed by atoms with Gasteiger partial charge in [-0.15, -0.1) is 11.3 Å². The number of methoxy groups -OCH3 is 1. The average Bonchev–Trinajstić information content (AvgIpc) is 3.30. The van der Waals surface area contributed by atoms with Gasteiger partial charge in [0, 0.05) is 34.1 Å². The van der Waals surface area contributed by atoms with Crippen molar-refractivity contribution in [2.45, 2.75) is 66.3 Å². The Morgan fingerprint density at radius 1 is 1.05 bits per heavy atom. The Bertz CT molecular complexity index is 1210. The monoisotopic (exact) mass is 567 g/mol. The lowest BCUT2D eigenvalue weighted by Gasteiger charge is -2.32. The molecule has 1 heterocycles. The zero-order valence-electron chi connectivity index (χ0n) is 24.5. The fourth-order valence-electron chi connectivity index (χ4n) is 4.39. The molecule has 0 saturated carbocycles. The summed E-state index contributed by atoms with van der Waals surface area (Å²) in [6.07, 6.45) is 3.26. The molecule has 2 aromatic carbocycles. The van der Waals surface area contributed by atoms with Crippen LogP contribution >= 0.6 is 11.3 Å². The summed E-state index contributed by atoms with van der Waals surface area (Å²) in [5.41, 5.74) is 9.50. The van der Waals surface area contributed by atoms with E-state index in [1.807, 2.05) is 81.6 Å². The SMILES string of the molecule is CCN/C=C(\N)CC[C@@H](c1cc(COCc2ccc(OC)cc2)c(C)s1)C(C)(C)C(=O)OCc1ccccc1.N. The molecule has 1 aromatic heterocycles. The number of rotatable bonds is 15. The van der Waals surface area contributed by atoms with Crippen molar-refractivity contribution in [2.75, 3.05) is 13.7 Å². The summed E-state index contributed by atoms with van der Waals surface area (Å²) >= 11 is 1.72. The minimum absolute atomic E-state index is 0. The number of ether oxygens (including phenoxy) is 3. The van der Waals surface area contributed by atoms with Gasteiger partial charge in [-0.25, -0.2) is 0 Å². The molecule has 0 aliphatic rings. The number of aryl methyl sites for hydroxylation is 1. The maximum Gasteiger partial charge on any atom is 0.312 e. The predicted octanol–water partition coefficient (Wildman–Crippen LogP) is 6.99. The van der Waals surface area contributed by atoms with Gasteiger partial charge in [-0.3, -0.25) is 4.79 Å². The Morgan fingerprint density at radius 3 is 2.38 bits per heavy atom. The van der Waals surface area contributed by atoms with Crippen molar-refractivity contribution < 1.29 is 19.0 Å². The largest absolute Gasteiger partial charge is 0.497 e. The van der Waals surface area contributed by atoms with Crippen molar-refractivity contribution in [3.8, 4) is 5.75 Å². The molecule has 0 amide bonds. The topological polar surface area (TPSA) is 118 Å². The summed E-state index contributed by atoms with van der Waals surface area (Å²) in [6.45, 7) is 10.2. The number of carbonyl (C=O) groups excluding carboxylic acids is 1. The van der Waals surface area contributed by atoms with E-state index in [-0.39, 0.29) is 24.6 Å². The maximum absolute atomic E-state index is 13.4. The van der Waals surface area contributed by atoms with Crippen LogP contribution in [0.1, 0.15) is 66.0 Å². The van der Waals surface area contributed by atoms with Crippen LogP contribution in [-0.2, 0) is 34.1 Å². The molecule has 0 aliphatic carbocycles. The summed E-state index contributed by atoms with van der Waals surface area (Å²) < 4.78 is 17.1. The first-order valence-corrected chi connectivity index (χ1v) is 14.2. The summed E-state index contributed by atoms with van der Waals surface area (Å²) in [5, 5.41) is 3.17. The normalized spacial score (nSPS) is 12.4. The molecule has 0 unspecified atom stereocenters. The van der Waals surface area contributed by atoms with E-state index >= 15 is 0 Å². The quantitative estimate of drug-likeness (QED) is 0.169. The van der Waals surface area contributed by atoms with Crippen LogP contribution in [0.5, 0.6) is 5.75 Å². The second-order valence-electron chi connectivity index (χ2n) is 10.2. The summed E-state index contributed by atoms with van der Waals surface area (Å²) in [6, 6.07) is 19.9. The number of benzene rings is 2. The molecule has 8 heteroatoms. The fraction of sp³-hybridized carbons (Fsp3) is 0.406. The number of carbonyl (C=O) groups is 1. The summed E-state index contributed by atoms with van der Waals surface area (Å²) in [5.74, 6) is 0.552. The van der Waals surface area contributed by atoms with Crippen LogP contribution < -0.4 is 21.9 Å². The van der Waals surface area contributed by atoms with E-state index in [1.54, 1.807) is 18.4 Å². The molecular weight excluding hydrogens is 522 g/mol. The average molecular weight is 568 g/mol. The van der Waals surface area contributed by atoms with E-state index in [1.165, 1.54) is 4.88 Å². The minimum atomic E-state index is -0.744. The standard InChI is InChI=1S/C32H42N2O4S.H3N/c1-6-34-19-27(33)14-17-29(32(3,4)31(35)38-21-24-10-8-7-9-11-24)30-18-26(23(2)39-30)22-37-20-25-12-15-28(36-5)16-13-25;/h7-13,15-16,18-19,29,34H,6,14,17,20-22,33H2,1-5H3;1H3/b27-19-;/t29-;/m0./s1. The Kier molecular flexibility index (Phi) is 13.2. The zero-order chi connectivity index (χ0) is 28.3. The third-order valence-electron chi connectivity index (χ3n) is 6.89. The van der Waals surface area contributed by atoms with Gasteiger partial charge in [0.15, 0.2) is 0 Å². The minimum Gasteiger partial charge on any atom is -0.497 e. The number of thiophene rings is 1. The lowest BCUT2D eigenvalue weighted by atomic mass is 9.75. The maximum atomic E-state index is 13.4. The van der Waals surface area contributed by atoms with Crippen molar-refractivity contribution in [3.63, 3.8) is 0 Å². The van der Waals surface area contributed by atoms with Gasteiger partial charge in [0.25, 0.3) is 0 Å². The first kappa shape index (κ1) is 32.9. The van der Waals surface area contributed by atoms with Crippen molar-refractivity contribution in [1.82, 2.24) is 11.5 Å². The van der Waals surface area contributed by atoms with Gasteiger partial charge < -0.3 is 31.4 Å². The molecule has 6 N–H and O–H groups in total. The van der Waals surface area contributed by atoms with Gasteiger partial charge in [0.2, 0.25) is 0 Å². The zero-order valence-corrected chi connectivity index (χ0v) is 25.3. The van der Waals surface area contributed by atoms with E-state index in [0.29, 0.717) is 19.6 Å². The van der Waals surface area contributed by atoms with Crippen molar-refractivity contribution in [3.05, 3.63) is 99.0 Å². The Balaban J connectivity index is 0.00000560. The van der Waals surface area contributed by atoms with Crippen LogP contribution in [0, 0.1) is 12.3 Å². The van der Waals surface area contributed by atoms with Gasteiger partial charge in [-0.05, 0) is 75.4 Å². The molecule has 7 nitrogen and oxygen atoms in total. The highest BCUT2D eigenvalue weighted by molar-refractivity contribution is 7.12. The number of nitrogens with one attached hydrogen (secondary N) is 1. The first-order chi connectivity index (χ1) is 18.7. The third-order valence-corrected chi connectivity index (χ3v) is 8.10. The van der Waals surface area contributed by atoms with Crippen LogP contribution in [0.2, 0.25) is 0 Å². The molecule has 0 fully saturated rings. The molecular formula is C32H45N3O4S. The highest BCUT2D eigenvalue weighted by Gasteiger charge is 2.40. The predicted molar refractivity (Wildman–Crippen MR) is 164 cm³/mol. The van der Waals surface area contributed by atoms with Gasteiger partial charge in [0.1, 0.15) is 12.4 Å². The molecule has 0 bridgehead atoms. The molecule has 0 radical (unpaired) electrons. The first-order valence-electron chi connectivity index (χ1n) is 13.4. The fourth-order valence-corrected chi connectivity index (χ4v) is 5.75. The molecule has 218 valence electrons. The molecule has 1 atom stereocenters. The van der Waals surface area contributed by atoms with E-state index in [0.717, 1.165) is 46.0 Å². The summed E-state index contributed by atoms with van der Waals surface area (Å²) in [7, 11) is 1.66. The molecule has 0 spiro atoms. The number of hydrogen-bond acceptors (Lipinski definition) is 8. The number of allylic oxidation sites excluding steroid dienone is 1. The lowest BCUT2D eigenvalue weighted by Crippen LogP contribution is -2.33. The molecule has 0 saturated heterocycles.